The number of carboxylic acid groups (broad SMARTS) is 1. The lowest BCUT2D eigenvalue weighted by atomic mass is 10.2. The van der Waals surface area contributed by atoms with Gasteiger partial charge in [-0.3, -0.25) is 4.68 Å². The molecular formula is C13H13N3O3. The largest absolute Gasteiger partial charge is 0.505 e. The van der Waals surface area contributed by atoms with E-state index < -0.39 is 5.97 Å². The second kappa shape index (κ2) is 4.38. The van der Waals surface area contributed by atoms with E-state index in [-0.39, 0.29) is 11.4 Å². The van der Waals surface area contributed by atoms with Crippen LogP contribution in [0.5, 0.6) is 5.75 Å². The molecule has 0 aliphatic heterocycles. The molecule has 2 aromatic heterocycles. The molecule has 0 unspecified atom stereocenters. The highest BCUT2D eigenvalue weighted by molar-refractivity contribution is 5.89. The number of carbonyl (C=O) groups is 1. The van der Waals surface area contributed by atoms with Gasteiger partial charge in [0, 0.05) is 18.3 Å². The number of rotatable bonds is 4. The zero-order chi connectivity index (χ0) is 13.4. The Bertz CT molecular complexity index is 632. The fraction of sp³-hybridized carbons (Fsp3) is 0.308. The molecule has 98 valence electrons. The van der Waals surface area contributed by atoms with Gasteiger partial charge in [-0.05, 0) is 30.9 Å². The van der Waals surface area contributed by atoms with Gasteiger partial charge in [0.1, 0.15) is 5.75 Å². The molecule has 0 atom stereocenters. The Morgan fingerprint density at radius 3 is 2.89 bits per heavy atom. The molecule has 1 fully saturated rings. The summed E-state index contributed by atoms with van der Waals surface area (Å²) >= 11 is 0. The van der Waals surface area contributed by atoms with E-state index in [0.717, 1.165) is 18.0 Å². The molecule has 6 heteroatoms. The summed E-state index contributed by atoms with van der Waals surface area (Å²) in [6.45, 7) is 0.893. The lowest BCUT2D eigenvalue weighted by Gasteiger charge is -2.01. The highest BCUT2D eigenvalue weighted by Crippen LogP contribution is 2.31. The van der Waals surface area contributed by atoms with E-state index in [0.29, 0.717) is 5.69 Å². The zero-order valence-electron chi connectivity index (χ0n) is 10.2. The minimum absolute atomic E-state index is 0.332. The van der Waals surface area contributed by atoms with Gasteiger partial charge < -0.3 is 10.2 Å². The minimum Gasteiger partial charge on any atom is -0.505 e. The third-order valence-electron chi connectivity index (χ3n) is 3.15. The van der Waals surface area contributed by atoms with Gasteiger partial charge in [-0.2, -0.15) is 5.10 Å². The third-order valence-corrected chi connectivity index (χ3v) is 3.15. The maximum Gasteiger partial charge on any atom is 0.358 e. The molecule has 2 N–H and O–H groups in total. The van der Waals surface area contributed by atoms with Crippen molar-refractivity contribution in [1.82, 2.24) is 14.8 Å². The first-order valence-corrected chi connectivity index (χ1v) is 6.09. The summed E-state index contributed by atoms with van der Waals surface area (Å²) in [6.07, 6.45) is 6.00. The molecule has 1 saturated carbocycles. The summed E-state index contributed by atoms with van der Waals surface area (Å²) in [5.74, 6) is -0.860. The molecular weight excluding hydrogens is 246 g/mol. The molecule has 1 aliphatic carbocycles. The van der Waals surface area contributed by atoms with Crippen molar-refractivity contribution in [3.63, 3.8) is 0 Å². The number of aromatic hydroxyl groups is 1. The Kier molecular flexibility index (Phi) is 2.70. The number of nitrogens with zero attached hydrogens (tertiary/aromatic N) is 3. The Morgan fingerprint density at radius 1 is 1.42 bits per heavy atom. The molecule has 0 radical (unpaired) electrons. The van der Waals surface area contributed by atoms with Crippen LogP contribution in [0.2, 0.25) is 0 Å². The van der Waals surface area contributed by atoms with E-state index in [2.05, 4.69) is 10.1 Å². The van der Waals surface area contributed by atoms with Crippen molar-refractivity contribution in [2.45, 2.75) is 19.4 Å². The van der Waals surface area contributed by atoms with Crippen LogP contribution in [0.1, 0.15) is 23.3 Å². The number of carboxylic acids is 1. The van der Waals surface area contributed by atoms with E-state index in [9.17, 15) is 9.90 Å². The average molecular weight is 259 g/mol. The van der Waals surface area contributed by atoms with Crippen LogP contribution in [0.15, 0.2) is 24.5 Å². The quantitative estimate of drug-likeness (QED) is 0.873. The lowest BCUT2D eigenvalue weighted by molar-refractivity contribution is 0.0687. The Labute approximate surface area is 109 Å². The molecule has 0 saturated heterocycles. The summed E-state index contributed by atoms with van der Waals surface area (Å²) in [5.41, 5.74) is 0.910. The summed E-state index contributed by atoms with van der Waals surface area (Å²) in [7, 11) is 0. The minimum atomic E-state index is -1.25. The van der Waals surface area contributed by atoms with Gasteiger partial charge in [0.2, 0.25) is 0 Å². The van der Waals surface area contributed by atoms with E-state index >= 15 is 0 Å². The van der Waals surface area contributed by atoms with Crippen LogP contribution in [0, 0.1) is 5.92 Å². The Morgan fingerprint density at radius 2 is 2.21 bits per heavy atom. The monoisotopic (exact) mass is 259 g/mol. The number of pyridine rings is 1. The predicted octanol–water partition coefficient (Wildman–Crippen LogP) is 1.76. The normalized spacial score (nSPS) is 14.5. The van der Waals surface area contributed by atoms with Crippen molar-refractivity contribution >= 4 is 5.97 Å². The third kappa shape index (κ3) is 2.42. The summed E-state index contributed by atoms with van der Waals surface area (Å²) < 4.78 is 1.85. The van der Waals surface area contributed by atoms with Crippen molar-refractivity contribution in [1.29, 1.82) is 0 Å². The number of hydrogen-bond acceptors (Lipinski definition) is 4. The molecule has 6 nitrogen and oxygen atoms in total. The van der Waals surface area contributed by atoms with Crippen LogP contribution in [0.3, 0.4) is 0 Å². The van der Waals surface area contributed by atoms with Gasteiger partial charge in [-0.25, -0.2) is 9.78 Å². The van der Waals surface area contributed by atoms with E-state index in [4.69, 9.17) is 5.11 Å². The van der Waals surface area contributed by atoms with Gasteiger partial charge >= 0.3 is 5.97 Å². The van der Waals surface area contributed by atoms with Crippen molar-refractivity contribution in [3.05, 3.63) is 30.2 Å². The predicted molar refractivity (Wildman–Crippen MR) is 66.8 cm³/mol. The average Bonchev–Trinajstić information content (AvgIpc) is 3.06. The van der Waals surface area contributed by atoms with Crippen LogP contribution >= 0.6 is 0 Å². The van der Waals surface area contributed by atoms with Crippen molar-refractivity contribution in [2.24, 2.45) is 5.92 Å². The maximum absolute atomic E-state index is 10.9. The summed E-state index contributed by atoms with van der Waals surface area (Å²) in [4.78, 5) is 14.9. The Balaban J connectivity index is 1.90. The first-order valence-electron chi connectivity index (χ1n) is 6.09. The first-order chi connectivity index (χ1) is 9.13. The fourth-order valence-corrected chi connectivity index (χ4v) is 1.93. The van der Waals surface area contributed by atoms with E-state index in [1.54, 1.807) is 12.3 Å². The summed E-state index contributed by atoms with van der Waals surface area (Å²) in [5, 5.41) is 22.6. The Hall–Kier alpha value is -2.37. The van der Waals surface area contributed by atoms with Crippen molar-refractivity contribution in [2.75, 3.05) is 0 Å². The maximum atomic E-state index is 10.9. The van der Waals surface area contributed by atoms with Crippen LogP contribution in [0.25, 0.3) is 11.3 Å². The molecule has 0 bridgehead atoms. The molecule has 2 aromatic rings. The molecule has 1 aliphatic rings. The van der Waals surface area contributed by atoms with Gasteiger partial charge in [-0.15, -0.1) is 0 Å². The molecule has 0 aromatic carbocycles. The van der Waals surface area contributed by atoms with E-state index in [1.807, 2.05) is 10.9 Å². The zero-order valence-corrected chi connectivity index (χ0v) is 10.2. The lowest BCUT2D eigenvalue weighted by Crippen LogP contribution is -2.01. The topological polar surface area (TPSA) is 88.2 Å². The molecule has 0 amide bonds. The van der Waals surface area contributed by atoms with Crippen LogP contribution in [-0.2, 0) is 6.54 Å². The number of aromatic carboxylic acids is 1. The number of hydrogen-bond donors (Lipinski definition) is 2. The highest BCUT2D eigenvalue weighted by atomic mass is 16.4. The summed E-state index contributed by atoms with van der Waals surface area (Å²) in [6, 6.07) is 2.92. The first kappa shape index (κ1) is 11.7. The van der Waals surface area contributed by atoms with Crippen LogP contribution in [0.4, 0.5) is 0 Å². The van der Waals surface area contributed by atoms with Gasteiger partial charge in [0.05, 0.1) is 11.9 Å². The second-order valence-electron chi connectivity index (χ2n) is 4.76. The molecule has 0 spiro atoms. The van der Waals surface area contributed by atoms with Crippen LogP contribution < -0.4 is 0 Å². The van der Waals surface area contributed by atoms with Crippen molar-refractivity contribution < 1.29 is 15.0 Å². The SMILES string of the molecule is O=C(O)c1nc(-c2cnn(CC3CC3)c2)ccc1O. The molecule has 19 heavy (non-hydrogen) atoms. The van der Waals surface area contributed by atoms with Crippen molar-refractivity contribution in [3.8, 4) is 17.0 Å². The van der Waals surface area contributed by atoms with E-state index in [1.165, 1.54) is 18.9 Å². The second-order valence-corrected chi connectivity index (χ2v) is 4.76. The van der Waals surface area contributed by atoms with Crippen LogP contribution in [-0.4, -0.2) is 30.9 Å². The fourth-order valence-electron chi connectivity index (χ4n) is 1.93. The molecule has 3 rings (SSSR count). The highest BCUT2D eigenvalue weighted by Gasteiger charge is 2.22. The standard InChI is InChI=1S/C13H13N3O3/c17-11-4-3-10(15-12(11)13(18)19)9-5-14-16(7-9)6-8-1-2-8/h3-5,7-8,17H,1-2,6H2,(H,18,19). The van der Waals surface area contributed by atoms with Gasteiger partial charge in [0.25, 0.3) is 0 Å². The smallest absolute Gasteiger partial charge is 0.358 e. The van der Waals surface area contributed by atoms with Gasteiger partial charge in [0.15, 0.2) is 5.69 Å². The molecule has 2 heterocycles. The number of aromatic nitrogens is 3. The van der Waals surface area contributed by atoms with Gasteiger partial charge in [-0.1, -0.05) is 0 Å².